The van der Waals surface area contributed by atoms with E-state index in [4.69, 9.17) is 9.15 Å². The number of carbonyl (C=O) groups is 1. The summed E-state index contributed by atoms with van der Waals surface area (Å²) in [5.74, 6) is 1.38. The molecular weight excluding hydrogens is 476 g/mol. The highest BCUT2D eigenvalue weighted by Gasteiger charge is 2.37. The van der Waals surface area contributed by atoms with Crippen LogP contribution in [0.3, 0.4) is 0 Å². The molecule has 196 valence electrons. The van der Waals surface area contributed by atoms with Gasteiger partial charge in [0.2, 0.25) is 5.89 Å². The number of carboxylic acid groups (broad SMARTS) is 1. The van der Waals surface area contributed by atoms with Crippen LogP contribution < -0.4 is 4.74 Å². The van der Waals surface area contributed by atoms with Gasteiger partial charge < -0.3 is 14.3 Å². The second-order valence-corrected chi connectivity index (χ2v) is 10.1. The van der Waals surface area contributed by atoms with Crippen LogP contribution in [0.1, 0.15) is 29.0 Å². The number of hydrogen-bond acceptors (Lipinski definition) is 5. The molecule has 4 aromatic rings. The first-order valence-electron chi connectivity index (χ1n) is 13.3. The molecule has 1 aromatic heterocycles. The van der Waals surface area contributed by atoms with Gasteiger partial charge in [-0.25, -0.2) is 4.98 Å². The molecule has 0 saturated carbocycles. The largest absolute Gasteiger partial charge is 0.493 e. The molecule has 6 heteroatoms. The lowest BCUT2D eigenvalue weighted by Gasteiger charge is -2.16. The number of aryl methyl sites for hydroxylation is 2. The smallest absolute Gasteiger partial charge is 0.308 e. The van der Waals surface area contributed by atoms with E-state index in [1.54, 1.807) is 0 Å². The minimum atomic E-state index is -0.693. The van der Waals surface area contributed by atoms with Crippen molar-refractivity contribution in [2.45, 2.75) is 32.7 Å². The van der Waals surface area contributed by atoms with Gasteiger partial charge in [0.1, 0.15) is 11.5 Å². The van der Waals surface area contributed by atoms with Gasteiger partial charge >= 0.3 is 5.97 Å². The number of benzene rings is 3. The number of nitrogens with zero attached hydrogens (tertiary/aromatic N) is 2. The van der Waals surface area contributed by atoms with Gasteiger partial charge in [-0.05, 0) is 61.1 Å². The molecule has 6 nitrogen and oxygen atoms in total. The van der Waals surface area contributed by atoms with Gasteiger partial charge in [-0.1, -0.05) is 60.7 Å². The molecule has 3 aromatic carbocycles. The summed E-state index contributed by atoms with van der Waals surface area (Å²) in [5.41, 5.74) is 4.25. The number of likely N-dealkylation sites (tertiary alicyclic amines) is 1. The molecule has 1 saturated heterocycles. The van der Waals surface area contributed by atoms with Crippen molar-refractivity contribution in [1.29, 1.82) is 0 Å². The summed E-state index contributed by atoms with van der Waals surface area (Å²) < 4.78 is 11.9. The van der Waals surface area contributed by atoms with E-state index in [1.165, 1.54) is 5.56 Å². The van der Waals surface area contributed by atoms with Crippen molar-refractivity contribution in [2.75, 3.05) is 19.7 Å². The van der Waals surface area contributed by atoms with Crippen molar-refractivity contribution in [3.05, 3.63) is 108 Å². The SMILES string of the molecule is Cc1oc(-c2ccccc2)nc1CCOc1cccc(CC[C@@H]2CN(Cc3ccccc3)C[C@@H]2C(=O)O)c1. The third kappa shape index (κ3) is 6.50. The third-order valence-electron chi connectivity index (χ3n) is 7.31. The van der Waals surface area contributed by atoms with E-state index in [2.05, 4.69) is 34.1 Å². The summed E-state index contributed by atoms with van der Waals surface area (Å²) in [6.07, 6.45) is 2.33. The topological polar surface area (TPSA) is 75.8 Å². The van der Waals surface area contributed by atoms with Gasteiger partial charge in [-0.3, -0.25) is 9.69 Å². The summed E-state index contributed by atoms with van der Waals surface area (Å²) in [7, 11) is 0. The van der Waals surface area contributed by atoms with Crippen molar-refractivity contribution >= 4 is 5.97 Å². The fourth-order valence-electron chi connectivity index (χ4n) is 5.28. The zero-order valence-corrected chi connectivity index (χ0v) is 21.8. The number of ether oxygens (including phenoxy) is 1. The molecule has 1 fully saturated rings. The standard InChI is InChI=1S/C32H34N2O4/c1-23-30(33-31(38-23)26-12-6-3-7-13-26)17-18-37-28-14-8-11-24(19-28)15-16-27-21-34(22-29(27)32(35)36)20-25-9-4-2-5-10-25/h2-14,19,27,29H,15-18,20-22H2,1H3,(H,35,36)/t27-,29+/m1/s1. The summed E-state index contributed by atoms with van der Waals surface area (Å²) in [6.45, 7) is 4.64. The minimum Gasteiger partial charge on any atom is -0.493 e. The fourth-order valence-corrected chi connectivity index (χ4v) is 5.28. The van der Waals surface area contributed by atoms with Gasteiger partial charge in [-0.2, -0.15) is 0 Å². The molecule has 2 atom stereocenters. The van der Waals surface area contributed by atoms with Crippen LogP contribution in [0.25, 0.3) is 11.5 Å². The lowest BCUT2D eigenvalue weighted by molar-refractivity contribution is -0.142. The lowest BCUT2D eigenvalue weighted by atomic mass is 9.90. The molecule has 5 rings (SSSR count). The van der Waals surface area contributed by atoms with Gasteiger partial charge in [-0.15, -0.1) is 0 Å². The van der Waals surface area contributed by atoms with Crippen molar-refractivity contribution in [2.24, 2.45) is 11.8 Å². The normalized spacial score (nSPS) is 17.5. The lowest BCUT2D eigenvalue weighted by Crippen LogP contribution is -2.23. The number of aromatic nitrogens is 1. The van der Waals surface area contributed by atoms with Crippen molar-refractivity contribution in [1.82, 2.24) is 9.88 Å². The van der Waals surface area contributed by atoms with Crippen LogP contribution in [0.15, 0.2) is 89.3 Å². The van der Waals surface area contributed by atoms with Crippen LogP contribution in [0.5, 0.6) is 5.75 Å². The predicted octanol–water partition coefficient (Wildman–Crippen LogP) is 6.04. The summed E-state index contributed by atoms with van der Waals surface area (Å²) >= 11 is 0. The predicted molar refractivity (Wildman–Crippen MR) is 147 cm³/mol. The number of rotatable bonds is 11. The second kappa shape index (κ2) is 12.1. The first-order chi connectivity index (χ1) is 18.5. The Morgan fingerprint density at radius 1 is 0.974 bits per heavy atom. The van der Waals surface area contributed by atoms with Crippen LogP contribution in [0, 0.1) is 18.8 Å². The van der Waals surface area contributed by atoms with E-state index >= 15 is 0 Å². The summed E-state index contributed by atoms with van der Waals surface area (Å²) in [6, 6.07) is 28.3. The zero-order chi connectivity index (χ0) is 26.3. The van der Waals surface area contributed by atoms with Crippen molar-refractivity contribution < 1.29 is 19.1 Å². The van der Waals surface area contributed by atoms with E-state index in [1.807, 2.05) is 67.6 Å². The van der Waals surface area contributed by atoms with Crippen LogP contribution in [-0.2, 0) is 24.2 Å². The minimum absolute atomic E-state index is 0.134. The Bertz CT molecular complexity index is 1340. The highest BCUT2D eigenvalue weighted by atomic mass is 16.5. The fraction of sp³-hybridized carbons (Fsp3) is 0.312. The molecule has 1 N–H and O–H groups in total. The average Bonchev–Trinajstić information content (AvgIpc) is 3.52. The Morgan fingerprint density at radius 3 is 2.47 bits per heavy atom. The molecule has 0 radical (unpaired) electrons. The molecule has 1 aliphatic heterocycles. The molecule has 0 amide bonds. The van der Waals surface area contributed by atoms with Crippen molar-refractivity contribution in [3.8, 4) is 17.2 Å². The molecular formula is C32H34N2O4. The number of hydrogen-bond donors (Lipinski definition) is 1. The van der Waals surface area contributed by atoms with Crippen LogP contribution in [-0.4, -0.2) is 40.7 Å². The Balaban J connectivity index is 1.13. The maximum atomic E-state index is 12.0. The Hall–Kier alpha value is -3.90. The first kappa shape index (κ1) is 25.7. The van der Waals surface area contributed by atoms with Gasteiger partial charge in [0.25, 0.3) is 0 Å². The van der Waals surface area contributed by atoms with E-state index < -0.39 is 5.97 Å². The molecule has 1 aliphatic rings. The highest BCUT2D eigenvalue weighted by molar-refractivity contribution is 5.71. The van der Waals surface area contributed by atoms with Gasteiger partial charge in [0.15, 0.2) is 0 Å². The molecule has 0 spiro atoms. The molecule has 0 aliphatic carbocycles. The number of oxazole rings is 1. The number of aliphatic carboxylic acids is 1. The zero-order valence-electron chi connectivity index (χ0n) is 21.8. The Morgan fingerprint density at radius 2 is 1.71 bits per heavy atom. The molecule has 2 heterocycles. The second-order valence-electron chi connectivity index (χ2n) is 10.1. The van der Waals surface area contributed by atoms with E-state index in [0.717, 1.165) is 54.3 Å². The van der Waals surface area contributed by atoms with E-state index in [-0.39, 0.29) is 11.8 Å². The Kier molecular flexibility index (Phi) is 8.19. The molecule has 0 bridgehead atoms. The van der Waals surface area contributed by atoms with Gasteiger partial charge in [0, 0.05) is 31.6 Å². The number of carboxylic acids is 1. The van der Waals surface area contributed by atoms with Crippen LogP contribution >= 0.6 is 0 Å². The van der Waals surface area contributed by atoms with E-state index in [0.29, 0.717) is 25.5 Å². The van der Waals surface area contributed by atoms with Crippen LogP contribution in [0.2, 0.25) is 0 Å². The van der Waals surface area contributed by atoms with E-state index in [9.17, 15) is 9.90 Å². The third-order valence-corrected chi connectivity index (χ3v) is 7.31. The maximum Gasteiger partial charge on any atom is 0.308 e. The average molecular weight is 511 g/mol. The van der Waals surface area contributed by atoms with Crippen molar-refractivity contribution in [3.63, 3.8) is 0 Å². The first-order valence-corrected chi connectivity index (χ1v) is 13.3. The highest BCUT2D eigenvalue weighted by Crippen LogP contribution is 2.30. The summed E-state index contributed by atoms with van der Waals surface area (Å²) in [5, 5.41) is 9.83. The monoisotopic (exact) mass is 510 g/mol. The van der Waals surface area contributed by atoms with Gasteiger partial charge in [0.05, 0.1) is 18.2 Å². The Labute approximate surface area is 223 Å². The molecule has 38 heavy (non-hydrogen) atoms. The van der Waals surface area contributed by atoms with Crippen LogP contribution in [0.4, 0.5) is 0 Å². The summed E-state index contributed by atoms with van der Waals surface area (Å²) in [4.78, 5) is 18.9. The molecule has 0 unspecified atom stereocenters. The maximum absolute atomic E-state index is 12.0. The quantitative estimate of drug-likeness (QED) is 0.265.